The van der Waals surface area contributed by atoms with Crippen LogP contribution < -0.4 is 4.90 Å². The monoisotopic (exact) mass is 239 g/mol. The smallest absolute Gasteiger partial charge is 0.169 e. The van der Waals surface area contributed by atoms with Crippen LogP contribution in [0.25, 0.3) is 0 Å². The minimum atomic E-state index is 0.543. The molecule has 0 fully saturated rings. The van der Waals surface area contributed by atoms with Gasteiger partial charge in [-0.25, -0.2) is 0 Å². The lowest BCUT2D eigenvalue weighted by atomic mass is 10.2. The molecule has 0 unspecified atom stereocenters. The summed E-state index contributed by atoms with van der Waals surface area (Å²) in [7, 11) is 0. The van der Waals surface area contributed by atoms with Gasteiger partial charge in [-0.3, -0.25) is 4.98 Å². The highest BCUT2D eigenvalue weighted by atomic mass is 15.3. The first kappa shape index (κ1) is 12.0. The molecule has 0 spiro atoms. The van der Waals surface area contributed by atoms with Gasteiger partial charge in [-0.1, -0.05) is 0 Å². The second-order valence-electron chi connectivity index (χ2n) is 3.75. The summed E-state index contributed by atoms with van der Waals surface area (Å²) < 4.78 is 0. The van der Waals surface area contributed by atoms with Gasteiger partial charge in [-0.15, -0.1) is 5.10 Å². The Morgan fingerprint density at radius 3 is 2.67 bits per heavy atom. The fraction of sp³-hybridized carbons (Fsp3) is 0.231. The van der Waals surface area contributed by atoms with Crippen molar-refractivity contribution in [3.63, 3.8) is 0 Å². The predicted octanol–water partition coefficient (Wildman–Crippen LogP) is 1.77. The first-order valence-corrected chi connectivity index (χ1v) is 5.70. The Hall–Kier alpha value is -2.48. The highest BCUT2D eigenvalue weighted by Gasteiger charge is 2.11. The lowest BCUT2D eigenvalue weighted by Gasteiger charge is -2.21. The fourth-order valence-electron chi connectivity index (χ4n) is 1.69. The van der Waals surface area contributed by atoms with E-state index in [9.17, 15) is 0 Å². The van der Waals surface area contributed by atoms with Gasteiger partial charge < -0.3 is 4.90 Å². The van der Waals surface area contributed by atoms with Gasteiger partial charge in [0, 0.05) is 25.5 Å². The summed E-state index contributed by atoms with van der Waals surface area (Å²) in [4.78, 5) is 6.00. The Bertz CT molecular complexity index is 547. The zero-order valence-electron chi connectivity index (χ0n) is 10.1. The van der Waals surface area contributed by atoms with Crippen LogP contribution in [0.15, 0.2) is 36.8 Å². The summed E-state index contributed by atoms with van der Waals surface area (Å²) >= 11 is 0. The summed E-state index contributed by atoms with van der Waals surface area (Å²) in [6, 6.07) is 7.72. The average molecular weight is 239 g/mol. The summed E-state index contributed by atoms with van der Waals surface area (Å²) in [5.74, 6) is 0.624. The van der Waals surface area contributed by atoms with E-state index < -0.39 is 0 Å². The van der Waals surface area contributed by atoms with Crippen molar-refractivity contribution < 1.29 is 0 Å². The van der Waals surface area contributed by atoms with E-state index in [0.29, 0.717) is 17.9 Å². The molecule has 2 heterocycles. The standard InChI is InChI=1S/C13H13N5/c1-2-18(10-11-3-6-15-7-4-11)13-12(9-14)5-8-16-17-13/h3-8H,2,10H2,1H3. The Morgan fingerprint density at radius 1 is 1.22 bits per heavy atom. The average Bonchev–Trinajstić information content (AvgIpc) is 2.46. The molecule has 2 rings (SSSR count). The van der Waals surface area contributed by atoms with Crippen LogP contribution in [0.5, 0.6) is 0 Å². The molecule has 18 heavy (non-hydrogen) atoms. The molecule has 0 N–H and O–H groups in total. The number of rotatable bonds is 4. The molecule has 2 aromatic rings. The molecule has 5 nitrogen and oxygen atoms in total. The van der Waals surface area contributed by atoms with Crippen molar-refractivity contribution in [2.24, 2.45) is 0 Å². The zero-order chi connectivity index (χ0) is 12.8. The second-order valence-corrected chi connectivity index (χ2v) is 3.75. The Morgan fingerprint density at radius 2 is 2.00 bits per heavy atom. The van der Waals surface area contributed by atoms with E-state index in [2.05, 4.69) is 21.3 Å². The van der Waals surface area contributed by atoms with E-state index in [1.54, 1.807) is 18.5 Å². The van der Waals surface area contributed by atoms with Gasteiger partial charge in [-0.2, -0.15) is 10.4 Å². The first-order chi connectivity index (χ1) is 8.85. The van der Waals surface area contributed by atoms with Gasteiger partial charge in [0.1, 0.15) is 6.07 Å². The minimum Gasteiger partial charge on any atom is -0.350 e. The minimum absolute atomic E-state index is 0.543. The van der Waals surface area contributed by atoms with Crippen molar-refractivity contribution in [3.05, 3.63) is 47.9 Å². The van der Waals surface area contributed by atoms with E-state index in [-0.39, 0.29) is 0 Å². The summed E-state index contributed by atoms with van der Waals surface area (Å²) in [6.45, 7) is 3.47. The molecule has 0 bridgehead atoms. The highest BCUT2D eigenvalue weighted by Crippen LogP contribution is 2.17. The van der Waals surface area contributed by atoms with Crippen molar-refractivity contribution >= 4 is 5.82 Å². The van der Waals surface area contributed by atoms with Gasteiger partial charge in [0.05, 0.1) is 11.8 Å². The number of nitrogens with zero attached hydrogens (tertiary/aromatic N) is 5. The van der Waals surface area contributed by atoms with E-state index in [0.717, 1.165) is 12.1 Å². The fourth-order valence-corrected chi connectivity index (χ4v) is 1.69. The van der Waals surface area contributed by atoms with Crippen molar-refractivity contribution in [3.8, 4) is 6.07 Å². The van der Waals surface area contributed by atoms with Gasteiger partial charge >= 0.3 is 0 Å². The molecular weight excluding hydrogens is 226 g/mol. The number of pyridine rings is 1. The molecule has 0 aromatic carbocycles. The van der Waals surface area contributed by atoms with E-state index >= 15 is 0 Å². The Labute approximate surface area is 106 Å². The van der Waals surface area contributed by atoms with Crippen LogP contribution in [0.3, 0.4) is 0 Å². The topological polar surface area (TPSA) is 65.7 Å². The van der Waals surface area contributed by atoms with Gasteiger partial charge in [-0.05, 0) is 30.7 Å². The molecule has 0 aliphatic rings. The second kappa shape index (κ2) is 5.73. The first-order valence-electron chi connectivity index (χ1n) is 5.70. The lowest BCUT2D eigenvalue weighted by Crippen LogP contribution is -2.24. The number of nitriles is 1. The maximum Gasteiger partial charge on any atom is 0.169 e. The Balaban J connectivity index is 2.27. The van der Waals surface area contributed by atoms with Crippen LogP contribution in [0.2, 0.25) is 0 Å². The Kier molecular flexibility index (Phi) is 3.82. The molecule has 5 heteroatoms. The number of hydrogen-bond acceptors (Lipinski definition) is 5. The number of anilines is 1. The van der Waals surface area contributed by atoms with E-state index in [4.69, 9.17) is 5.26 Å². The summed E-state index contributed by atoms with van der Waals surface area (Å²) in [5.41, 5.74) is 1.67. The van der Waals surface area contributed by atoms with Crippen LogP contribution in [0.4, 0.5) is 5.82 Å². The largest absolute Gasteiger partial charge is 0.350 e. The summed E-state index contributed by atoms with van der Waals surface area (Å²) in [5, 5.41) is 17.0. The molecule has 0 amide bonds. The molecule has 0 radical (unpaired) electrons. The molecular formula is C13H13N5. The van der Waals surface area contributed by atoms with Crippen molar-refractivity contribution in [2.75, 3.05) is 11.4 Å². The normalized spacial score (nSPS) is 9.78. The molecule has 2 aromatic heterocycles. The van der Waals surface area contributed by atoms with E-state index in [1.165, 1.54) is 6.20 Å². The van der Waals surface area contributed by atoms with Crippen LogP contribution >= 0.6 is 0 Å². The quantitative estimate of drug-likeness (QED) is 0.813. The molecule has 0 aliphatic heterocycles. The third-order valence-electron chi connectivity index (χ3n) is 2.63. The van der Waals surface area contributed by atoms with Crippen molar-refractivity contribution in [1.29, 1.82) is 5.26 Å². The van der Waals surface area contributed by atoms with Gasteiger partial charge in [0.15, 0.2) is 5.82 Å². The zero-order valence-corrected chi connectivity index (χ0v) is 10.1. The SMILES string of the molecule is CCN(Cc1ccncc1)c1nnccc1C#N. The predicted molar refractivity (Wildman–Crippen MR) is 67.7 cm³/mol. The van der Waals surface area contributed by atoms with Crippen molar-refractivity contribution in [1.82, 2.24) is 15.2 Å². The molecule has 0 aliphatic carbocycles. The van der Waals surface area contributed by atoms with Gasteiger partial charge in [0.25, 0.3) is 0 Å². The third kappa shape index (κ3) is 2.61. The number of aromatic nitrogens is 3. The van der Waals surface area contributed by atoms with Crippen molar-refractivity contribution in [2.45, 2.75) is 13.5 Å². The molecule has 0 saturated heterocycles. The van der Waals surface area contributed by atoms with Crippen LogP contribution in [-0.2, 0) is 6.54 Å². The number of hydrogen-bond donors (Lipinski definition) is 0. The maximum absolute atomic E-state index is 9.07. The van der Waals surface area contributed by atoms with Gasteiger partial charge in [0.2, 0.25) is 0 Å². The molecule has 0 atom stereocenters. The lowest BCUT2D eigenvalue weighted by molar-refractivity contribution is 0.793. The van der Waals surface area contributed by atoms with Crippen LogP contribution in [-0.4, -0.2) is 21.7 Å². The van der Waals surface area contributed by atoms with Crippen LogP contribution in [0, 0.1) is 11.3 Å². The highest BCUT2D eigenvalue weighted by molar-refractivity contribution is 5.52. The third-order valence-corrected chi connectivity index (χ3v) is 2.63. The molecule has 90 valence electrons. The van der Waals surface area contributed by atoms with Crippen LogP contribution in [0.1, 0.15) is 18.1 Å². The maximum atomic E-state index is 9.07. The summed E-state index contributed by atoms with van der Waals surface area (Å²) in [6.07, 6.45) is 5.04. The van der Waals surface area contributed by atoms with E-state index in [1.807, 2.05) is 24.0 Å². The molecule has 0 saturated carbocycles.